The van der Waals surface area contributed by atoms with E-state index >= 15 is 0 Å². The molecule has 0 amide bonds. The largest absolute Gasteiger partial charge is 0.467 e. The molecule has 0 saturated carbocycles. The predicted octanol–water partition coefficient (Wildman–Crippen LogP) is 6.12. The molecule has 0 saturated heterocycles. The molecule has 194 valence electrons. The molecule has 0 spiro atoms. The van der Waals surface area contributed by atoms with Gasteiger partial charge in [0.1, 0.15) is 0 Å². The van der Waals surface area contributed by atoms with Crippen LogP contribution in [0.3, 0.4) is 0 Å². The summed E-state index contributed by atoms with van der Waals surface area (Å²) >= 11 is 0. The van der Waals surface area contributed by atoms with Gasteiger partial charge in [0.15, 0.2) is 6.10 Å². The monoisotopic (exact) mass is 492 g/mol. The molecule has 1 atom stereocenters. The molecule has 2 heterocycles. The highest BCUT2D eigenvalue weighted by Crippen LogP contribution is 2.48. The number of hydrogen-bond acceptors (Lipinski definition) is 5. The lowest BCUT2D eigenvalue weighted by atomic mass is 9.87. The van der Waals surface area contributed by atoms with Gasteiger partial charge < -0.3 is 23.7 Å². The summed E-state index contributed by atoms with van der Waals surface area (Å²) in [4.78, 5) is 15.7. The summed E-state index contributed by atoms with van der Waals surface area (Å²) in [5.74, 6) is -0.388. The number of aromatic nitrogens is 1. The van der Waals surface area contributed by atoms with Crippen molar-refractivity contribution in [2.24, 2.45) is 0 Å². The van der Waals surface area contributed by atoms with Gasteiger partial charge in [-0.1, -0.05) is 29.8 Å². The number of aryl methyl sites for hydroxylation is 2. The maximum atomic E-state index is 13.3. The second-order valence-electron chi connectivity index (χ2n) is 10.6. The van der Waals surface area contributed by atoms with E-state index in [-0.39, 0.29) is 5.97 Å². The first-order chi connectivity index (χ1) is 17.1. The predicted molar refractivity (Wildman–Crippen MR) is 146 cm³/mol. The Balaban J connectivity index is 2.08. The molecule has 2 aromatic carbocycles. The molecule has 1 aliphatic heterocycles. The summed E-state index contributed by atoms with van der Waals surface area (Å²) in [6, 6.07) is 10.8. The fourth-order valence-corrected chi connectivity index (χ4v) is 5.36. The summed E-state index contributed by atoms with van der Waals surface area (Å²) < 4.78 is 19.9. The van der Waals surface area contributed by atoms with E-state index in [1.54, 1.807) is 0 Å². The highest BCUT2D eigenvalue weighted by atomic mass is 16.6. The van der Waals surface area contributed by atoms with Crippen LogP contribution in [0.1, 0.15) is 56.2 Å². The maximum absolute atomic E-state index is 13.3. The molecule has 0 fully saturated rings. The van der Waals surface area contributed by atoms with Crippen LogP contribution in [0.25, 0.3) is 22.0 Å². The molecular formula is C30H40N2O4. The zero-order valence-electron chi connectivity index (χ0n) is 23.0. The van der Waals surface area contributed by atoms with Gasteiger partial charge in [-0.25, -0.2) is 4.79 Å². The Hall–Kier alpha value is -2.83. The number of methoxy groups -OCH3 is 1. The molecule has 3 aromatic rings. The van der Waals surface area contributed by atoms with Crippen molar-refractivity contribution in [3.05, 3.63) is 52.7 Å². The lowest BCUT2D eigenvalue weighted by Gasteiger charge is -2.36. The standard InChI is InChI=1S/C30H40N2O4/c1-9-35-17-16-31-14-15-32-20(3)18-23-25(22-12-10-19(2)11-13-22)24(21(4)26(31)27(23)32)28(29(33)34-8)36-30(5,6)7/h10-13,18,28H,9,14-17H2,1-8H3/t28-/m0/s1. The van der Waals surface area contributed by atoms with E-state index in [0.29, 0.717) is 13.2 Å². The number of esters is 1. The van der Waals surface area contributed by atoms with E-state index in [2.05, 4.69) is 60.6 Å². The lowest BCUT2D eigenvalue weighted by molar-refractivity contribution is -0.164. The van der Waals surface area contributed by atoms with Crippen LogP contribution in [0.2, 0.25) is 0 Å². The Morgan fingerprint density at radius 3 is 2.39 bits per heavy atom. The van der Waals surface area contributed by atoms with Gasteiger partial charge in [-0.15, -0.1) is 0 Å². The number of ether oxygens (including phenoxy) is 3. The number of anilines is 1. The second-order valence-corrected chi connectivity index (χ2v) is 10.6. The molecular weight excluding hydrogens is 452 g/mol. The van der Waals surface area contributed by atoms with E-state index in [0.717, 1.165) is 53.0 Å². The van der Waals surface area contributed by atoms with Gasteiger partial charge in [-0.2, -0.15) is 0 Å². The van der Waals surface area contributed by atoms with Gasteiger partial charge in [0.25, 0.3) is 0 Å². The zero-order chi connectivity index (χ0) is 26.2. The van der Waals surface area contributed by atoms with Crippen molar-refractivity contribution >= 4 is 22.6 Å². The topological polar surface area (TPSA) is 52.9 Å². The SMILES string of the molecule is CCOCCN1CCn2c(C)cc3c(-c4ccc(C)cc4)c([C@H](OC(C)(C)C)C(=O)OC)c(C)c1c32. The van der Waals surface area contributed by atoms with Gasteiger partial charge in [0, 0.05) is 42.9 Å². The van der Waals surface area contributed by atoms with Gasteiger partial charge in [0.2, 0.25) is 0 Å². The van der Waals surface area contributed by atoms with E-state index in [4.69, 9.17) is 14.2 Å². The zero-order valence-corrected chi connectivity index (χ0v) is 23.0. The molecule has 6 heteroatoms. The second kappa shape index (κ2) is 10.3. The molecule has 0 radical (unpaired) electrons. The van der Waals surface area contributed by atoms with Crippen LogP contribution in [0.5, 0.6) is 0 Å². The Morgan fingerprint density at radius 1 is 1.08 bits per heavy atom. The highest BCUT2D eigenvalue weighted by molar-refractivity contribution is 6.07. The number of nitrogens with zero attached hydrogens (tertiary/aromatic N) is 2. The van der Waals surface area contributed by atoms with Gasteiger partial charge >= 0.3 is 5.97 Å². The minimum Gasteiger partial charge on any atom is -0.467 e. The van der Waals surface area contributed by atoms with Crippen molar-refractivity contribution in [3.8, 4) is 11.1 Å². The number of benzene rings is 2. The molecule has 0 aliphatic carbocycles. The normalized spacial score (nSPS) is 14.4. The lowest BCUT2D eigenvalue weighted by Crippen LogP contribution is -2.36. The number of carbonyl (C=O) groups excluding carboxylic acids is 1. The first-order valence-corrected chi connectivity index (χ1v) is 12.9. The first-order valence-electron chi connectivity index (χ1n) is 12.9. The molecule has 0 unspecified atom stereocenters. The highest BCUT2D eigenvalue weighted by Gasteiger charge is 2.36. The van der Waals surface area contributed by atoms with Crippen molar-refractivity contribution in [2.75, 3.05) is 38.3 Å². The Kier molecular flexibility index (Phi) is 7.48. The molecule has 1 aromatic heterocycles. The third kappa shape index (κ3) is 4.89. The minimum absolute atomic E-state index is 0.388. The third-order valence-electron chi connectivity index (χ3n) is 6.93. The maximum Gasteiger partial charge on any atom is 0.339 e. The first kappa shape index (κ1) is 26.2. The van der Waals surface area contributed by atoms with Crippen LogP contribution in [0, 0.1) is 20.8 Å². The van der Waals surface area contributed by atoms with Crippen LogP contribution in [-0.2, 0) is 25.5 Å². The van der Waals surface area contributed by atoms with Crippen LogP contribution >= 0.6 is 0 Å². The fraction of sp³-hybridized carbons (Fsp3) is 0.500. The molecule has 6 nitrogen and oxygen atoms in total. The van der Waals surface area contributed by atoms with Crippen LogP contribution in [0.15, 0.2) is 30.3 Å². The third-order valence-corrected chi connectivity index (χ3v) is 6.93. The van der Waals surface area contributed by atoms with Crippen molar-refractivity contribution in [3.63, 3.8) is 0 Å². The van der Waals surface area contributed by atoms with Gasteiger partial charge in [0.05, 0.1) is 30.5 Å². The Labute approximate surface area is 215 Å². The number of hydrogen-bond donors (Lipinski definition) is 0. The number of rotatable bonds is 8. The Bertz CT molecular complexity index is 1250. The van der Waals surface area contributed by atoms with Crippen molar-refractivity contribution in [1.29, 1.82) is 0 Å². The summed E-state index contributed by atoms with van der Waals surface area (Å²) in [6.45, 7) is 18.3. The van der Waals surface area contributed by atoms with Crippen LogP contribution in [-0.4, -0.2) is 49.6 Å². The van der Waals surface area contributed by atoms with Crippen molar-refractivity contribution < 1.29 is 19.0 Å². The fourth-order valence-electron chi connectivity index (χ4n) is 5.36. The van der Waals surface area contributed by atoms with Gasteiger partial charge in [-0.3, -0.25) is 0 Å². The summed E-state index contributed by atoms with van der Waals surface area (Å²) in [6.07, 6.45) is -0.855. The summed E-state index contributed by atoms with van der Waals surface area (Å²) in [5.41, 5.74) is 8.27. The van der Waals surface area contributed by atoms with Gasteiger partial charge in [-0.05, 0) is 71.2 Å². The van der Waals surface area contributed by atoms with E-state index in [1.165, 1.54) is 23.9 Å². The molecule has 36 heavy (non-hydrogen) atoms. The average molecular weight is 493 g/mol. The summed E-state index contributed by atoms with van der Waals surface area (Å²) in [5, 5.41) is 1.14. The Morgan fingerprint density at radius 2 is 1.78 bits per heavy atom. The van der Waals surface area contributed by atoms with Crippen molar-refractivity contribution in [2.45, 2.75) is 66.7 Å². The molecule has 0 bridgehead atoms. The van der Waals surface area contributed by atoms with E-state index in [9.17, 15) is 4.79 Å². The van der Waals surface area contributed by atoms with E-state index < -0.39 is 11.7 Å². The molecule has 0 N–H and O–H groups in total. The minimum atomic E-state index is -0.855. The smallest absolute Gasteiger partial charge is 0.339 e. The molecule has 4 rings (SSSR count). The van der Waals surface area contributed by atoms with Crippen LogP contribution < -0.4 is 4.90 Å². The van der Waals surface area contributed by atoms with Crippen molar-refractivity contribution in [1.82, 2.24) is 4.57 Å². The quantitative estimate of drug-likeness (QED) is 0.280. The average Bonchev–Trinajstić information content (AvgIpc) is 3.16. The van der Waals surface area contributed by atoms with Crippen LogP contribution in [0.4, 0.5) is 5.69 Å². The van der Waals surface area contributed by atoms with E-state index in [1.807, 2.05) is 27.7 Å². The number of carbonyl (C=O) groups is 1. The summed E-state index contributed by atoms with van der Waals surface area (Å²) in [7, 11) is 1.43. The molecule has 1 aliphatic rings.